The molecule has 0 bridgehead atoms. The standard InChI is InChI=1S/C13H7F3N2O3S.CHF3O3S/c14-13(15,16)22(19,20)21-10-6-9-4-3-8-2-1-5-17-11(8)12(9)18-7-10;2-1(3,4)8(5,6)7/h1-7H;(H,5,6,7). The van der Waals surface area contributed by atoms with Crippen molar-refractivity contribution < 1.29 is 56.9 Å². The van der Waals surface area contributed by atoms with Gasteiger partial charge in [0.25, 0.3) is 0 Å². The SMILES string of the molecule is O=S(=O)(Oc1c[nH+]c2c(ccc3cccnc32)c1)C(F)(F)F.O=S(=O)([O-])C(F)(F)F. The molecule has 8 nitrogen and oxygen atoms in total. The van der Waals surface area contributed by atoms with Crippen LogP contribution in [-0.4, -0.2) is 37.4 Å². The van der Waals surface area contributed by atoms with Crippen molar-refractivity contribution in [2.45, 2.75) is 11.0 Å². The molecule has 3 rings (SSSR count). The van der Waals surface area contributed by atoms with Crippen molar-refractivity contribution in [1.29, 1.82) is 0 Å². The summed E-state index contributed by atoms with van der Waals surface area (Å²) in [6.07, 6.45) is 2.62. The van der Waals surface area contributed by atoms with E-state index >= 15 is 0 Å². The number of halogens is 6. The maximum absolute atomic E-state index is 12.3. The van der Waals surface area contributed by atoms with Crippen molar-refractivity contribution in [3.8, 4) is 5.75 Å². The first kappa shape index (κ1) is 23.6. The minimum Gasteiger partial charge on any atom is -0.741 e. The highest BCUT2D eigenvalue weighted by Gasteiger charge is 2.48. The van der Waals surface area contributed by atoms with Gasteiger partial charge in [0, 0.05) is 17.6 Å². The summed E-state index contributed by atoms with van der Waals surface area (Å²) in [6.45, 7) is 0. The molecular weight excluding hydrogens is 470 g/mol. The third-order valence-corrected chi connectivity index (χ3v) is 4.78. The van der Waals surface area contributed by atoms with Gasteiger partial charge in [-0.05, 0) is 12.1 Å². The highest BCUT2D eigenvalue weighted by atomic mass is 32.2. The molecule has 0 aliphatic carbocycles. The monoisotopic (exact) mass is 478 g/mol. The van der Waals surface area contributed by atoms with E-state index < -0.39 is 37.0 Å². The van der Waals surface area contributed by atoms with Gasteiger partial charge in [0.1, 0.15) is 5.52 Å². The lowest BCUT2D eigenvalue weighted by Gasteiger charge is -2.08. The molecule has 1 N–H and O–H groups in total. The Labute approximate surface area is 164 Å². The molecule has 0 saturated carbocycles. The van der Waals surface area contributed by atoms with Crippen LogP contribution in [0.5, 0.6) is 5.75 Å². The van der Waals surface area contributed by atoms with Gasteiger partial charge in [-0.25, -0.2) is 18.4 Å². The maximum atomic E-state index is 12.3. The lowest BCUT2D eigenvalue weighted by atomic mass is 10.1. The molecule has 0 amide bonds. The van der Waals surface area contributed by atoms with Crippen LogP contribution < -0.4 is 9.17 Å². The fourth-order valence-electron chi connectivity index (χ4n) is 1.99. The number of alkyl halides is 6. The largest absolute Gasteiger partial charge is 0.741 e. The van der Waals surface area contributed by atoms with Gasteiger partial charge in [0.2, 0.25) is 17.5 Å². The Kier molecular flexibility index (Phi) is 6.16. The first-order valence-corrected chi connectivity index (χ1v) is 10.1. The highest BCUT2D eigenvalue weighted by molar-refractivity contribution is 7.88. The molecule has 164 valence electrons. The summed E-state index contributed by atoms with van der Waals surface area (Å²) in [5.74, 6) is -0.458. The minimum absolute atomic E-state index is 0.458. The van der Waals surface area contributed by atoms with Crippen LogP contribution in [-0.2, 0) is 20.2 Å². The quantitative estimate of drug-likeness (QED) is 0.182. The molecule has 16 heteroatoms. The van der Waals surface area contributed by atoms with Gasteiger partial charge < -0.3 is 8.74 Å². The lowest BCUT2D eigenvalue weighted by Crippen LogP contribution is -2.28. The number of aromatic amines is 1. The number of benzene rings is 1. The average Bonchev–Trinajstić information content (AvgIpc) is 2.59. The molecule has 2 heterocycles. The van der Waals surface area contributed by atoms with E-state index in [9.17, 15) is 34.8 Å². The number of nitrogens with one attached hydrogen (secondary N) is 1. The van der Waals surface area contributed by atoms with Crippen molar-refractivity contribution >= 4 is 42.0 Å². The zero-order valence-corrected chi connectivity index (χ0v) is 15.7. The molecule has 0 saturated heterocycles. The van der Waals surface area contributed by atoms with Gasteiger partial charge in [-0.2, -0.15) is 34.8 Å². The van der Waals surface area contributed by atoms with Crippen LogP contribution in [0.3, 0.4) is 0 Å². The van der Waals surface area contributed by atoms with Gasteiger partial charge in [-0.3, -0.25) is 0 Å². The predicted octanol–water partition coefficient (Wildman–Crippen LogP) is 2.48. The Morgan fingerprint density at radius 1 is 0.933 bits per heavy atom. The molecule has 0 spiro atoms. The van der Waals surface area contributed by atoms with Crippen molar-refractivity contribution in [2.24, 2.45) is 0 Å². The van der Waals surface area contributed by atoms with Gasteiger partial charge in [-0.1, -0.05) is 12.1 Å². The second kappa shape index (κ2) is 7.84. The Balaban J connectivity index is 0.000000343. The van der Waals surface area contributed by atoms with E-state index in [-0.39, 0.29) is 0 Å². The number of rotatable bonds is 2. The number of hydrogen-bond donors (Lipinski definition) is 0. The van der Waals surface area contributed by atoms with E-state index in [1.807, 2.05) is 6.07 Å². The Hall–Kier alpha value is -2.72. The molecular formula is C14H8F6N2O6S2. The third kappa shape index (κ3) is 5.25. The lowest BCUT2D eigenvalue weighted by molar-refractivity contribution is -0.344. The van der Waals surface area contributed by atoms with Crippen LogP contribution in [0, 0.1) is 0 Å². The summed E-state index contributed by atoms with van der Waals surface area (Å²) >= 11 is 0. The fourth-order valence-corrected chi connectivity index (χ4v) is 2.44. The summed E-state index contributed by atoms with van der Waals surface area (Å²) in [5, 5.41) is 1.31. The van der Waals surface area contributed by atoms with Crippen LogP contribution in [0.15, 0.2) is 42.7 Å². The maximum Gasteiger partial charge on any atom is 0.534 e. The van der Waals surface area contributed by atoms with E-state index in [0.29, 0.717) is 16.4 Å². The van der Waals surface area contributed by atoms with Crippen LogP contribution in [0.25, 0.3) is 21.8 Å². The molecule has 0 aliphatic rings. The van der Waals surface area contributed by atoms with E-state index in [1.54, 1.807) is 24.4 Å². The van der Waals surface area contributed by atoms with E-state index in [4.69, 9.17) is 13.0 Å². The number of aromatic nitrogens is 2. The second-order valence-electron chi connectivity index (χ2n) is 5.32. The van der Waals surface area contributed by atoms with E-state index in [1.165, 1.54) is 6.07 Å². The molecule has 2 aromatic heterocycles. The van der Waals surface area contributed by atoms with Gasteiger partial charge in [0.15, 0.2) is 10.1 Å². The fraction of sp³-hybridized carbons (Fsp3) is 0.143. The topological polar surface area (TPSA) is 128 Å². The van der Waals surface area contributed by atoms with Gasteiger partial charge in [-0.15, -0.1) is 0 Å². The van der Waals surface area contributed by atoms with Crippen molar-refractivity contribution in [2.75, 3.05) is 0 Å². The summed E-state index contributed by atoms with van der Waals surface area (Å²) in [6, 6.07) is 8.13. The van der Waals surface area contributed by atoms with Crippen LogP contribution in [0.1, 0.15) is 0 Å². The number of hydrogen-bond acceptors (Lipinski definition) is 7. The third-order valence-electron chi connectivity index (χ3n) is 3.24. The van der Waals surface area contributed by atoms with Crippen LogP contribution in [0.4, 0.5) is 26.3 Å². The molecule has 3 aromatic rings. The van der Waals surface area contributed by atoms with Crippen molar-refractivity contribution in [1.82, 2.24) is 4.98 Å². The first-order chi connectivity index (χ1) is 13.5. The molecule has 30 heavy (non-hydrogen) atoms. The minimum atomic E-state index is -6.09. The first-order valence-electron chi connectivity index (χ1n) is 7.25. The van der Waals surface area contributed by atoms with E-state index in [0.717, 1.165) is 11.6 Å². The molecule has 1 aromatic carbocycles. The van der Waals surface area contributed by atoms with Gasteiger partial charge in [0.05, 0.1) is 5.39 Å². The zero-order valence-electron chi connectivity index (χ0n) is 14.0. The molecule has 0 atom stereocenters. The van der Waals surface area contributed by atoms with Crippen LogP contribution in [0.2, 0.25) is 0 Å². The van der Waals surface area contributed by atoms with Crippen molar-refractivity contribution in [3.05, 3.63) is 42.7 Å². The normalized spacial score (nSPS) is 13.0. The smallest absolute Gasteiger partial charge is 0.534 e. The number of pyridine rings is 2. The summed E-state index contributed by atoms with van der Waals surface area (Å²) in [7, 11) is -11.8. The summed E-state index contributed by atoms with van der Waals surface area (Å²) < 4.78 is 122. The average molecular weight is 478 g/mol. The number of fused-ring (bicyclic) bond motifs is 3. The summed E-state index contributed by atoms with van der Waals surface area (Å²) in [4.78, 5) is 6.90. The van der Waals surface area contributed by atoms with E-state index in [2.05, 4.69) is 14.2 Å². The van der Waals surface area contributed by atoms with Crippen molar-refractivity contribution in [3.63, 3.8) is 0 Å². The number of H-pyrrole nitrogens is 1. The Morgan fingerprint density at radius 2 is 1.50 bits per heavy atom. The molecule has 0 aliphatic heterocycles. The predicted molar refractivity (Wildman–Crippen MR) is 87.2 cm³/mol. The van der Waals surface area contributed by atoms with Crippen LogP contribution >= 0.6 is 0 Å². The zero-order chi connectivity index (χ0) is 23.0. The van der Waals surface area contributed by atoms with Gasteiger partial charge >= 0.3 is 21.1 Å². The Morgan fingerprint density at radius 3 is 2.03 bits per heavy atom. The molecule has 0 unspecified atom stereocenters. The molecule has 0 radical (unpaired) electrons. The summed E-state index contributed by atoms with van der Waals surface area (Å²) in [5.41, 5.74) is -9.94. The highest BCUT2D eigenvalue weighted by Crippen LogP contribution is 2.28. The Bertz CT molecular complexity index is 1290. The second-order valence-corrected chi connectivity index (χ2v) is 8.23. The number of nitrogens with zero attached hydrogens (tertiary/aromatic N) is 1. The molecule has 0 fully saturated rings.